The van der Waals surface area contributed by atoms with Crippen molar-refractivity contribution in [2.45, 2.75) is 12.5 Å². The largest absolute Gasteiger partial charge is 0.481 e. The van der Waals surface area contributed by atoms with E-state index in [1.807, 2.05) is 18.2 Å². The lowest BCUT2D eigenvalue weighted by molar-refractivity contribution is -0.136. The number of benzene rings is 1. The van der Waals surface area contributed by atoms with Gasteiger partial charge in [-0.05, 0) is 17.7 Å². The third-order valence-corrected chi connectivity index (χ3v) is 2.87. The summed E-state index contributed by atoms with van der Waals surface area (Å²) in [6, 6.07) is 11.4. The van der Waals surface area contributed by atoms with Crippen LogP contribution >= 0.6 is 0 Å². The van der Waals surface area contributed by atoms with Crippen molar-refractivity contribution in [2.24, 2.45) is 5.73 Å². The van der Waals surface area contributed by atoms with Crippen LogP contribution in [0.3, 0.4) is 0 Å². The highest BCUT2D eigenvalue weighted by atomic mass is 16.4. The first kappa shape index (κ1) is 14.7. The van der Waals surface area contributed by atoms with Gasteiger partial charge in [0.1, 0.15) is 6.04 Å². The van der Waals surface area contributed by atoms with E-state index in [0.717, 1.165) is 0 Å². The number of nitrogens with zero attached hydrogens (tertiary/aromatic N) is 1. The van der Waals surface area contributed by atoms with E-state index < -0.39 is 12.0 Å². The van der Waals surface area contributed by atoms with Crippen molar-refractivity contribution in [3.63, 3.8) is 0 Å². The van der Waals surface area contributed by atoms with Crippen LogP contribution in [0.2, 0.25) is 0 Å². The van der Waals surface area contributed by atoms with Crippen molar-refractivity contribution >= 4 is 17.6 Å². The molecule has 0 saturated carbocycles. The van der Waals surface area contributed by atoms with Crippen molar-refractivity contribution in [2.75, 3.05) is 5.32 Å². The number of pyridine rings is 1. The number of aliphatic carboxylic acids is 1. The molecule has 1 aromatic carbocycles. The van der Waals surface area contributed by atoms with E-state index in [9.17, 15) is 9.59 Å². The highest BCUT2D eigenvalue weighted by molar-refractivity contribution is 5.95. The fraction of sp³-hybridized carbons (Fsp3) is 0.133. The van der Waals surface area contributed by atoms with E-state index >= 15 is 0 Å². The van der Waals surface area contributed by atoms with Gasteiger partial charge in [0.15, 0.2) is 0 Å². The predicted molar refractivity (Wildman–Crippen MR) is 77.6 cm³/mol. The van der Waals surface area contributed by atoms with Crippen LogP contribution in [0.15, 0.2) is 48.7 Å². The Morgan fingerprint density at radius 2 is 1.90 bits per heavy atom. The molecule has 0 fully saturated rings. The SMILES string of the molecule is NC(C(=O)Nc1ccc(CC(=O)O)nc1)c1ccccc1. The van der Waals surface area contributed by atoms with Crippen LogP contribution in [0.5, 0.6) is 0 Å². The smallest absolute Gasteiger partial charge is 0.309 e. The van der Waals surface area contributed by atoms with Crippen LogP contribution in [-0.4, -0.2) is 22.0 Å². The summed E-state index contributed by atoms with van der Waals surface area (Å²) in [7, 11) is 0. The quantitative estimate of drug-likeness (QED) is 0.769. The minimum Gasteiger partial charge on any atom is -0.481 e. The van der Waals surface area contributed by atoms with Crippen molar-refractivity contribution in [1.82, 2.24) is 4.98 Å². The van der Waals surface area contributed by atoms with E-state index in [1.54, 1.807) is 24.3 Å². The molecule has 0 aliphatic rings. The number of carboxylic acid groups (broad SMARTS) is 1. The van der Waals surface area contributed by atoms with Crippen molar-refractivity contribution in [1.29, 1.82) is 0 Å². The van der Waals surface area contributed by atoms with Gasteiger partial charge in [0, 0.05) is 0 Å². The molecule has 21 heavy (non-hydrogen) atoms. The molecule has 1 unspecified atom stereocenters. The van der Waals surface area contributed by atoms with Crippen LogP contribution < -0.4 is 11.1 Å². The van der Waals surface area contributed by atoms with Crippen LogP contribution in [0, 0.1) is 0 Å². The van der Waals surface area contributed by atoms with E-state index in [0.29, 0.717) is 16.9 Å². The third-order valence-electron chi connectivity index (χ3n) is 2.87. The monoisotopic (exact) mass is 285 g/mol. The molecular formula is C15H15N3O3. The lowest BCUT2D eigenvalue weighted by Crippen LogP contribution is -2.27. The first-order valence-electron chi connectivity index (χ1n) is 6.34. The minimum absolute atomic E-state index is 0.155. The Labute approximate surface area is 121 Å². The van der Waals surface area contributed by atoms with E-state index in [-0.39, 0.29) is 12.3 Å². The Bertz CT molecular complexity index is 626. The van der Waals surface area contributed by atoms with Gasteiger partial charge in [-0.25, -0.2) is 0 Å². The number of nitrogens with two attached hydrogens (primary N) is 1. The Kier molecular flexibility index (Phi) is 4.63. The van der Waals surface area contributed by atoms with Gasteiger partial charge in [-0.15, -0.1) is 0 Å². The third kappa shape index (κ3) is 4.12. The number of carboxylic acids is 1. The summed E-state index contributed by atoms with van der Waals surface area (Å²) in [6.45, 7) is 0. The van der Waals surface area contributed by atoms with Gasteiger partial charge in [-0.1, -0.05) is 30.3 Å². The molecule has 0 saturated heterocycles. The summed E-state index contributed by atoms with van der Waals surface area (Å²) >= 11 is 0. The minimum atomic E-state index is -0.953. The molecule has 0 radical (unpaired) electrons. The first-order valence-corrected chi connectivity index (χ1v) is 6.34. The lowest BCUT2D eigenvalue weighted by Gasteiger charge is -2.12. The number of carbonyl (C=O) groups excluding carboxylic acids is 1. The van der Waals surface area contributed by atoms with Gasteiger partial charge in [-0.2, -0.15) is 0 Å². The van der Waals surface area contributed by atoms with Crippen LogP contribution in [0.25, 0.3) is 0 Å². The molecule has 1 heterocycles. The van der Waals surface area contributed by atoms with Gasteiger partial charge in [0.05, 0.1) is 24.0 Å². The summed E-state index contributed by atoms with van der Waals surface area (Å²) in [5.74, 6) is -1.31. The fourth-order valence-corrected chi connectivity index (χ4v) is 1.79. The van der Waals surface area contributed by atoms with Gasteiger partial charge < -0.3 is 16.2 Å². The first-order chi connectivity index (χ1) is 10.1. The molecular weight excluding hydrogens is 270 g/mol. The number of carbonyl (C=O) groups is 2. The van der Waals surface area contributed by atoms with Crippen LogP contribution in [0.1, 0.15) is 17.3 Å². The summed E-state index contributed by atoms with van der Waals surface area (Å²) in [5.41, 5.74) is 7.48. The van der Waals surface area contributed by atoms with Crippen molar-refractivity contribution < 1.29 is 14.7 Å². The summed E-state index contributed by atoms with van der Waals surface area (Å²) in [4.78, 5) is 26.5. The summed E-state index contributed by atoms with van der Waals surface area (Å²) < 4.78 is 0. The molecule has 1 amide bonds. The average molecular weight is 285 g/mol. The normalized spacial score (nSPS) is 11.7. The Morgan fingerprint density at radius 1 is 1.19 bits per heavy atom. The van der Waals surface area contributed by atoms with E-state index in [1.165, 1.54) is 6.20 Å². The van der Waals surface area contributed by atoms with Gasteiger partial charge in [0.2, 0.25) is 5.91 Å². The molecule has 4 N–H and O–H groups in total. The highest BCUT2D eigenvalue weighted by Gasteiger charge is 2.15. The molecule has 108 valence electrons. The zero-order chi connectivity index (χ0) is 15.2. The van der Waals surface area contributed by atoms with Gasteiger partial charge >= 0.3 is 5.97 Å². The standard InChI is InChI=1S/C15H15N3O3/c16-14(10-4-2-1-3-5-10)15(21)18-12-7-6-11(17-9-12)8-13(19)20/h1-7,9,14H,8,16H2,(H,18,21)(H,19,20). The number of anilines is 1. The zero-order valence-electron chi connectivity index (χ0n) is 11.2. The van der Waals surface area contributed by atoms with Crippen LogP contribution in [0.4, 0.5) is 5.69 Å². The second-order valence-electron chi connectivity index (χ2n) is 4.49. The van der Waals surface area contributed by atoms with Crippen LogP contribution in [-0.2, 0) is 16.0 Å². The molecule has 2 rings (SSSR count). The van der Waals surface area contributed by atoms with Gasteiger partial charge in [-0.3, -0.25) is 14.6 Å². The Balaban J connectivity index is 2.01. The van der Waals surface area contributed by atoms with E-state index in [4.69, 9.17) is 10.8 Å². The number of aromatic nitrogens is 1. The summed E-state index contributed by atoms with van der Waals surface area (Å²) in [5, 5.41) is 11.3. The Hall–Kier alpha value is -2.73. The lowest BCUT2D eigenvalue weighted by atomic mass is 10.1. The molecule has 0 bridgehead atoms. The second-order valence-corrected chi connectivity index (χ2v) is 4.49. The predicted octanol–water partition coefficient (Wildman–Crippen LogP) is 1.35. The number of nitrogens with one attached hydrogen (secondary N) is 1. The van der Waals surface area contributed by atoms with Gasteiger partial charge in [0.25, 0.3) is 0 Å². The fourth-order valence-electron chi connectivity index (χ4n) is 1.79. The zero-order valence-corrected chi connectivity index (χ0v) is 11.2. The molecule has 1 aromatic heterocycles. The molecule has 1 atom stereocenters. The average Bonchev–Trinajstić information content (AvgIpc) is 2.49. The van der Waals surface area contributed by atoms with E-state index in [2.05, 4.69) is 10.3 Å². The summed E-state index contributed by atoms with van der Waals surface area (Å²) in [6.07, 6.45) is 1.26. The Morgan fingerprint density at radius 3 is 2.48 bits per heavy atom. The molecule has 2 aromatic rings. The van der Waals surface area contributed by atoms with Crippen molar-refractivity contribution in [3.8, 4) is 0 Å². The number of hydrogen-bond acceptors (Lipinski definition) is 4. The highest BCUT2D eigenvalue weighted by Crippen LogP contribution is 2.13. The molecule has 0 aliphatic carbocycles. The van der Waals surface area contributed by atoms with Crippen molar-refractivity contribution in [3.05, 3.63) is 59.9 Å². The molecule has 0 spiro atoms. The topological polar surface area (TPSA) is 105 Å². The number of amides is 1. The molecule has 0 aliphatic heterocycles. The number of rotatable bonds is 5. The molecule has 6 heteroatoms. The maximum Gasteiger partial charge on any atom is 0.309 e. The maximum absolute atomic E-state index is 12.0. The molecule has 6 nitrogen and oxygen atoms in total. The number of hydrogen-bond donors (Lipinski definition) is 3. The maximum atomic E-state index is 12.0. The second kappa shape index (κ2) is 6.62.